The first-order chi connectivity index (χ1) is 9.36. The van der Waals surface area contributed by atoms with E-state index in [4.69, 9.17) is 0 Å². The maximum absolute atomic E-state index is 10.0. The molecule has 0 bridgehead atoms. The van der Waals surface area contributed by atoms with E-state index in [2.05, 4.69) is 53.4 Å². The molecule has 0 radical (unpaired) electrons. The van der Waals surface area contributed by atoms with Crippen LogP contribution >= 0.6 is 15.9 Å². The standard InChI is InChI=1S/C16H25BrN2O/c1-5-13-15(17)14(19(6-2)18-13)8-11-7-12(20)10-16(3,4)9-11/h7,12,20H,5-6,8-10H2,1-4H3. The number of aromatic nitrogens is 2. The van der Waals surface area contributed by atoms with Gasteiger partial charge in [-0.3, -0.25) is 4.68 Å². The number of halogens is 1. The van der Waals surface area contributed by atoms with Gasteiger partial charge in [0, 0.05) is 13.0 Å². The third kappa shape index (κ3) is 3.34. The van der Waals surface area contributed by atoms with E-state index >= 15 is 0 Å². The lowest BCUT2D eigenvalue weighted by atomic mass is 9.75. The molecule has 1 aliphatic carbocycles. The minimum Gasteiger partial charge on any atom is -0.389 e. The largest absolute Gasteiger partial charge is 0.389 e. The highest BCUT2D eigenvalue weighted by Gasteiger charge is 2.28. The fourth-order valence-corrected chi connectivity index (χ4v) is 3.87. The number of hydrogen-bond acceptors (Lipinski definition) is 2. The smallest absolute Gasteiger partial charge is 0.0766 e. The zero-order valence-electron chi connectivity index (χ0n) is 12.9. The summed E-state index contributed by atoms with van der Waals surface area (Å²) in [7, 11) is 0. The van der Waals surface area contributed by atoms with Crippen molar-refractivity contribution in [3.63, 3.8) is 0 Å². The molecule has 1 aromatic rings. The Bertz CT molecular complexity index is 517. The Morgan fingerprint density at radius 1 is 1.45 bits per heavy atom. The normalized spacial score (nSPS) is 21.9. The third-order valence-electron chi connectivity index (χ3n) is 3.98. The number of nitrogens with zero attached hydrogens (tertiary/aromatic N) is 2. The van der Waals surface area contributed by atoms with Crippen molar-refractivity contribution < 1.29 is 5.11 Å². The lowest BCUT2D eigenvalue weighted by molar-refractivity contribution is 0.138. The van der Waals surface area contributed by atoms with Crippen LogP contribution in [0.5, 0.6) is 0 Å². The summed E-state index contributed by atoms with van der Waals surface area (Å²) in [5, 5.41) is 14.7. The van der Waals surface area contributed by atoms with Crippen LogP contribution in [-0.2, 0) is 19.4 Å². The second-order valence-corrected chi connectivity index (χ2v) is 7.28. The molecule has 3 nitrogen and oxygen atoms in total. The van der Waals surface area contributed by atoms with Crippen molar-refractivity contribution in [3.05, 3.63) is 27.5 Å². The lowest BCUT2D eigenvalue weighted by Crippen LogP contribution is -2.25. The van der Waals surface area contributed by atoms with Crippen LogP contribution in [0.4, 0.5) is 0 Å². The Morgan fingerprint density at radius 3 is 2.70 bits per heavy atom. The fourth-order valence-electron chi connectivity index (χ4n) is 3.17. The summed E-state index contributed by atoms with van der Waals surface area (Å²) < 4.78 is 3.22. The van der Waals surface area contributed by atoms with Gasteiger partial charge in [-0.2, -0.15) is 5.10 Å². The average Bonchev–Trinajstić information content (AvgIpc) is 2.63. The summed E-state index contributed by atoms with van der Waals surface area (Å²) >= 11 is 3.70. The highest BCUT2D eigenvalue weighted by molar-refractivity contribution is 9.10. The topological polar surface area (TPSA) is 38.0 Å². The predicted molar refractivity (Wildman–Crippen MR) is 85.8 cm³/mol. The van der Waals surface area contributed by atoms with Gasteiger partial charge in [0.15, 0.2) is 0 Å². The van der Waals surface area contributed by atoms with Crippen LogP contribution in [-0.4, -0.2) is 21.0 Å². The van der Waals surface area contributed by atoms with E-state index in [0.29, 0.717) is 0 Å². The summed E-state index contributed by atoms with van der Waals surface area (Å²) in [6, 6.07) is 0. The number of aryl methyl sites for hydroxylation is 2. The van der Waals surface area contributed by atoms with Crippen LogP contribution in [0, 0.1) is 5.41 Å². The highest BCUT2D eigenvalue weighted by Crippen LogP contribution is 2.37. The first-order valence-corrected chi connectivity index (χ1v) is 8.27. The second kappa shape index (κ2) is 6.02. The van der Waals surface area contributed by atoms with Gasteiger partial charge in [-0.25, -0.2) is 0 Å². The average molecular weight is 341 g/mol. The van der Waals surface area contributed by atoms with Gasteiger partial charge in [-0.05, 0) is 47.5 Å². The minimum atomic E-state index is -0.309. The Morgan fingerprint density at radius 2 is 2.15 bits per heavy atom. The third-order valence-corrected chi connectivity index (χ3v) is 4.90. The molecular weight excluding hydrogens is 316 g/mol. The maximum atomic E-state index is 10.0. The molecule has 1 aliphatic rings. The van der Waals surface area contributed by atoms with Crippen molar-refractivity contribution in [2.24, 2.45) is 5.41 Å². The van der Waals surface area contributed by atoms with E-state index in [-0.39, 0.29) is 11.5 Å². The molecule has 1 N–H and O–H groups in total. The zero-order valence-corrected chi connectivity index (χ0v) is 14.5. The minimum absolute atomic E-state index is 0.181. The monoisotopic (exact) mass is 340 g/mol. The number of aliphatic hydroxyl groups excluding tert-OH is 1. The molecule has 112 valence electrons. The van der Waals surface area contributed by atoms with Gasteiger partial charge >= 0.3 is 0 Å². The molecule has 0 amide bonds. The molecule has 0 fully saturated rings. The zero-order chi connectivity index (χ0) is 14.9. The molecule has 0 saturated heterocycles. The van der Waals surface area contributed by atoms with Crippen LogP contribution in [0.15, 0.2) is 16.1 Å². The van der Waals surface area contributed by atoms with Gasteiger partial charge in [0.1, 0.15) is 0 Å². The van der Waals surface area contributed by atoms with Crippen LogP contribution in [0.2, 0.25) is 0 Å². The van der Waals surface area contributed by atoms with Crippen LogP contribution in [0.3, 0.4) is 0 Å². The second-order valence-electron chi connectivity index (χ2n) is 6.49. The maximum Gasteiger partial charge on any atom is 0.0766 e. The molecule has 2 rings (SSSR count). The SMILES string of the molecule is CCc1nn(CC)c(CC2=CC(O)CC(C)(C)C2)c1Br. The molecule has 20 heavy (non-hydrogen) atoms. The summed E-state index contributed by atoms with van der Waals surface area (Å²) in [5.41, 5.74) is 3.87. The summed E-state index contributed by atoms with van der Waals surface area (Å²) in [6.07, 6.45) is 5.44. The molecular formula is C16H25BrN2O. The van der Waals surface area contributed by atoms with Crippen molar-refractivity contribution in [3.8, 4) is 0 Å². The molecule has 4 heteroatoms. The Kier molecular flexibility index (Phi) is 4.75. The van der Waals surface area contributed by atoms with Gasteiger partial charge in [0.05, 0.1) is 22.0 Å². The highest BCUT2D eigenvalue weighted by atomic mass is 79.9. The van der Waals surface area contributed by atoms with Gasteiger partial charge in [0.2, 0.25) is 0 Å². The Labute approximate surface area is 130 Å². The van der Waals surface area contributed by atoms with Crippen molar-refractivity contribution in [1.82, 2.24) is 9.78 Å². The molecule has 1 atom stereocenters. The van der Waals surface area contributed by atoms with E-state index in [1.54, 1.807) is 0 Å². The van der Waals surface area contributed by atoms with Gasteiger partial charge in [-0.1, -0.05) is 32.4 Å². The lowest BCUT2D eigenvalue weighted by Gasteiger charge is -2.32. The summed E-state index contributed by atoms with van der Waals surface area (Å²) in [6.45, 7) is 9.59. The van der Waals surface area contributed by atoms with E-state index < -0.39 is 0 Å². The van der Waals surface area contributed by atoms with Crippen molar-refractivity contribution in [2.45, 2.75) is 66.0 Å². The molecule has 0 saturated carbocycles. The molecule has 1 unspecified atom stereocenters. The number of allylic oxidation sites excluding steroid dienone is 1. The molecule has 0 aromatic carbocycles. The first-order valence-electron chi connectivity index (χ1n) is 7.48. The first kappa shape index (κ1) is 15.8. The number of rotatable bonds is 4. The van der Waals surface area contributed by atoms with Crippen LogP contribution in [0.25, 0.3) is 0 Å². The van der Waals surface area contributed by atoms with Gasteiger partial charge in [-0.15, -0.1) is 0 Å². The van der Waals surface area contributed by atoms with E-state index in [1.807, 2.05) is 6.08 Å². The summed E-state index contributed by atoms with van der Waals surface area (Å²) in [5.74, 6) is 0. The van der Waals surface area contributed by atoms with Crippen LogP contribution in [0.1, 0.15) is 51.9 Å². The van der Waals surface area contributed by atoms with Gasteiger partial charge in [0.25, 0.3) is 0 Å². The van der Waals surface area contributed by atoms with Crippen molar-refractivity contribution in [2.75, 3.05) is 0 Å². The van der Waals surface area contributed by atoms with Crippen molar-refractivity contribution in [1.29, 1.82) is 0 Å². The fraction of sp³-hybridized carbons (Fsp3) is 0.688. The Balaban J connectivity index is 2.28. The number of aliphatic hydroxyl groups is 1. The quantitative estimate of drug-likeness (QED) is 0.844. The predicted octanol–water partition coefficient (Wildman–Crippen LogP) is 3.88. The van der Waals surface area contributed by atoms with E-state index in [1.165, 1.54) is 11.3 Å². The number of hydrogen-bond donors (Lipinski definition) is 1. The summed E-state index contributed by atoms with van der Waals surface area (Å²) in [4.78, 5) is 0. The van der Waals surface area contributed by atoms with Gasteiger partial charge < -0.3 is 5.11 Å². The van der Waals surface area contributed by atoms with E-state index in [9.17, 15) is 5.11 Å². The Hall–Kier alpha value is -0.610. The van der Waals surface area contributed by atoms with Crippen molar-refractivity contribution >= 4 is 15.9 Å². The van der Waals surface area contributed by atoms with E-state index in [0.717, 1.165) is 42.4 Å². The molecule has 1 aromatic heterocycles. The molecule has 0 spiro atoms. The van der Waals surface area contributed by atoms with Crippen LogP contribution < -0.4 is 0 Å². The molecule has 1 heterocycles. The molecule has 0 aliphatic heterocycles.